The Hall–Kier alpha value is -1.84. The number of likely N-dealkylation sites (N-methyl/N-ethyl adjacent to an activating group) is 1. The number of rotatable bonds is 3. The lowest BCUT2D eigenvalue weighted by atomic mass is 10.0. The van der Waals surface area contributed by atoms with E-state index < -0.39 is 15.3 Å². The molecule has 2 aliphatic heterocycles. The van der Waals surface area contributed by atoms with E-state index in [4.69, 9.17) is 11.6 Å². The SMILES string of the molecule is CN(C)C(=O)CN1C[C@@H]2CCN(C(=O)Nc3ccccc3Cl)CC[C@@H]2S1(=O)=O. The van der Waals surface area contributed by atoms with E-state index in [2.05, 4.69) is 5.32 Å². The van der Waals surface area contributed by atoms with Crippen LogP contribution < -0.4 is 5.32 Å². The molecular weight excluding hydrogens is 404 g/mol. The van der Waals surface area contributed by atoms with Crippen molar-refractivity contribution in [3.05, 3.63) is 29.3 Å². The zero-order chi connectivity index (χ0) is 20.5. The van der Waals surface area contributed by atoms with Crippen LogP contribution in [0.25, 0.3) is 0 Å². The summed E-state index contributed by atoms with van der Waals surface area (Å²) in [5, 5.41) is 2.68. The van der Waals surface area contributed by atoms with Crippen LogP contribution >= 0.6 is 11.6 Å². The van der Waals surface area contributed by atoms with Gasteiger partial charge < -0.3 is 15.1 Å². The van der Waals surface area contributed by atoms with Gasteiger partial charge in [-0.3, -0.25) is 4.79 Å². The number of hydrogen-bond donors (Lipinski definition) is 1. The molecule has 3 rings (SSSR count). The number of nitrogens with zero attached hydrogens (tertiary/aromatic N) is 3. The molecule has 1 aromatic carbocycles. The van der Waals surface area contributed by atoms with Crippen LogP contribution in [-0.2, 0) is 14.8 Å². The second kappa shape index (κ2) is 8.26. The van der Waals surface area contributed by atoms with Gasteiger partial charge in [0.2, 0.25) is 15.9 Å². The van der Waals surface area contributed by atoms with E-state index in [1.807, 2.05) is 0 Å². The number of hydrogen-bond acceptors (Lipinski definition) is 4. The van der Waals surface area contributed by atoms with Gasteiger partial charge in [0.05, 0.1) is 22.5 Å². The summed E-state index contributed by atoms with van der Waals surface area (Å²) >= 11 is 6.09. The molecule has 2 atom stereocenters. The first kappa shape index (κ1) is 20.9. The molecule has 154 valence electrons. The van der Waals surface area contributed by atoms with Crippen molar-refractivity contribution >= 4 is 39.2 Å². The quantitative estimate of drug-likeness (QED) is 0.793. The number of para-hydroxylation sites is 1. The molecule has 0 radical (unpaired) electrons. The molecule has 2 heterocycles. The topological polar surface area (TPSA) is 90.0 Å². The number of carbonyl (C=O) groups is 2. The average molecular weight is 429 g/mol. The molecule has 0 spiro atoms. The highest BCUT2D eigenvalue weighted by molar-refractivity contribution is 7.90. The molecule has 1 N–H and O–H groups in total. The summed E-state index contributed by atoms with van der Waals surface area (Å²) in [6.07, 6.45) is 0.933. The van der Waals surface area contributed by atoms with Crippen LogP contribution in [0.1, 0.15) is 12.8 Å². The van der Waals surface area contributed by atoms with Crippen LogP contribution in [0.4, 0.5) is 10.5 Å². The van der Waals surface area contributed by atoms with E-state index in [9.17, 15) is 18.0 Å². The Bertz CT molecular complexity index is 861. The van der Waals surface area contributed by atoms with Gasteiger partial charge in [0.25, 0.3) is 0 Å². The summed E-state index contributed by atoms with van der Waals surface area (Å²) in [5.74, 6) is -0.321. The molecule has 8 nitrogen and oxygen atoms in total. The van der Waals surface area contributed by atoms with Crippen molar-refractivity contribution in [1.29, 1.82) is 0 Å². The van der Waals surface area contributed by atoms with Gasteiger partial charge in [-0.2, -0.15) is 4.31 Å². The van der Waals surface area contributed by atoms with Gasteiger partial charge in [-0.25, -0.2) is 13.2 Å². The van der Waals surface area contributed by atoms with Crippen molar-refractivity contribution in [3.63, 3.8) is 0 Å². The number of carbonyl (C=O) groups excluding carboxylic acids is 2. The lowest BCUT2D eigenvalue weighted by molar-refractivity contribution is -0.128. The zero-order valence-electron chi connectivity index (χ0n) is 16.0. The third-order valence-electron chi connectivity index (χ3n) is 5.37. The molecule has 0 aliphatic carbocycles. The maximum Gasteiger partial charge on any atom is 0.321 e. The van der Waals surface area contributed by atoms with E-state index in [1.54, 1.807) is 43.3 Å². The molecule has 28 heavy (non-hydrogen) atoms. The average Bonchev–Trinajstić information content (AvgIpc) is 2.78. The van der Waals surface area contributed by atoms with Crippen LogP contribution in [-0.4, -0.2) is 80.0 Å². The predicted molar refractivity (Wildman–Crippen MR) is 108 cm³/mol. The Morgan fingerprint density at radius 1 is 1.21 bits per heavy atom. The Balaban J connectivity index is 1.65. The molecule has 10 heteroatoms. The van der Waals surface area contributed by atoms with Crippen LogP contribution in [0.2, 0.25) is 5.02 Å². The standard InChI is InChI=1S/C18H25ClN4O4S/c1-21(2)17(24)12-23-11-13-7-9-22(10-8-16(13)28(23,26)27)18(25)20-15-6-4-3-5-14(15)19/h3-6,13,16H,7-12H2,1-2H3,(H,20,25)/t13-,16-/m0/s1. The second-order valence-corrected chi connectivity index (χ2v) is 9.96. The van der Waals surface area contributed by atoms with Gasteiger partial charge in [-0.15, -0.1) is 0 Å². The third-order valence-corrected chi connectivity index (χ3v) is 8.09. The second-order valence-electron chi connectivity index (χ2n) is 7.40. The van der Waals surface area contributed by atoms with Gasteiger partial charge in [-0.05, 0) is 30.9 Å². The van der Waals surface area contributed by atoms with E-state index in [0.29, 0.717) is 43.2 Å². The fraction of sp³-hybridized carbons (Fsp3) is 0.556. The number of sulfonamides is 1. The van der Waals surface area contributed by atoms with E-state index in [-0.39, 0.29) is 24.4 Å². The lowest BCUT2D eigenvalue weighted by Gasteiger charge is -2.23. The smallest absolute Gasteiger partial charge is 0.321 e. The predicted octanol–water partition coefficient (Wildman–Crippen LogP) is 1.69. The van der Waals surface area contributed by atoms with Crippen molar-refractivity contribution in [3.8, 4) is 0 Å². The first-order chi connectivity index (χ1) is 13.2. The first-order valence-electron chi connectivity index (χ1n) is 9.19. The lowest BCUT2D eigenvalue weighted by Crippen LogP contribution is -2.40. The summed E-state index contributed by atoms with van der Waals surface area (Å²) in [5.41, 5.74) is 0.527. The largest absolute Gasteiger partial charge is 0.348 e. The number of urea groups is 1. The molecule has 0 unspecified atom stereocenters. The molecule has 2 aliphatic rings. The van der Waals surface area contributed by atoms with Crippen LogP contribution in [0.5, 0.6) is 0 Å². The highest BCUT2D eigenvalue weighted by atomic mass is 35.5. The Morgan fingerprint density at radius 2 is 1.89 bits per heavy atom. The zero-order valence-corrected chi connectivity index (χ0v) is 17.5. The molecule has 1 aromatic rings. The molecule has 0 saturated carbocycles. The number of amides is 3. The number of halogens is 1. The summed E-state index contributed by atoms with van der Waals surface area (Å²) in [4.78, 5) is 27.6. The monoisotopic (exact) mass is 428 g/mol. The van der Waals surface area contributed by atoms with Crippen molar-refractivity contribution in [2.75, 3.05) is 45.6 Å². The van der Waals surface area contributed by atoms with Crippen LogP contribution in [0.3, 0.4) is 0 Å². The molecule has 2 fully saturated rings. The van der Waals surface area contributed by atoms with Gasteiger partial charge in [0.15, 0.2) is 0 Å². The first-order valence-corrected chi connectivity index (χ1v) is 11.1. The summed E-state index contributed by atoms with van der Waals surface area (Å²) in [6, 6.07) is 6.69. The minimum absolute atomic E-state index is 0.0851. The normalized spacial score (nSPS) is 24.3. The van der Waals surface area contributed by atoms with E-state index in [1.165, 1.54) is 9.21 Å². The summed E-state index contributed by atoms with van der Waals surface area (Å²) in [6.45, 7) is 1.00. The molecule has 2 saturated heterocycles. The van der Waals surface area contributed by atoms with E-state index >= 15 is 0 Å². The fourth-order valence-electron chi connectivity index (χ4n) is 3.70. The highest BCUT2D eigenvalue weighted by Crippen LogP contribution is 2.34. The maximum atomic E-state index is 12.9. The van der Waals surface area contributed by atoms with Crippen molar-refractivity contribution < 1.29 is 18.0 Å². The number of nitrogens with one attached hydrogen (secondary N) is 1. The fourth-order valence-corrected chi connectivity index (χ4v) is 6.07. The summed E-state index contributed by atoms with van der Waals surface area (Å²) < 4.78 is 27.0. The maximum absolute atomic E-state index is 12.9. The minimum Gasteiger partial charge on any atom is -0.348 e. The van der Waals surface area contributed by atoms with Gasteiger partial charge in [0, 0.05) is 33.7 Å². The minimum atomic E-state index is -3.55. The number of likely N-dealkylation sites (tertiary alicyclic amines) is 1. The molecule has 0 aromatic heterocycles. The number of benzene rings is 1. The van der Waals surface area contributed by atoms with Gasteiger partial charge in [-0.1, -0.05) is 23.7 Å². The van der Waals surface area contributed by atoms with Crippen LogP contribution in [0, 0.1) is 5.92 Å². The highest BCUT2D eigenvalue weighted by Gasteiger charge is 2.47. The van der Waals surface area contributed by atoms with Crippen molar-refractivity contribution in [2.45, 2.75) is 18.1 Å². The van der Waals surface area contributed by atoms with E-state index in [0.717, 1.165) is 0 Å². The van der Waals surface area contributed by atoms with Crippen molar-refractivity contribution in [2.24, 2.45) is 5.92 Å². The molecular formula is C18H25ClN4O4S. The van der Waals surface area contributed by atoms with Gasteiger partial charge >= 0.3 is 6.03 Å². The third kappa shape index (κ3) is 4.26. The van der Waals surface area contributed by atoms with Crippen molar-refractivity contribution in [1.82, 2.24) is 14.1 Å². The molecule has 0 bridgehead atoms. The Labute approximate surface area is 170 Å². The number of anilines is 1. The Kier molecular flexibility index (Phi) is 6.16. The van der Waals surface area contributed by atoms with Crippen LogP contribution in [0.15, 0.2) is 24.3 Å². The van der Waals surface area contributed by atoms with Gasteiger partial charge in [0.1, 0.15) is 0 Å². The number of fused-ring (bicyclic) bond motifs is 1. The molecule has 3 amide bonds. The summed E-state index contributed by atoms with van der Waals surface area (Å²) in [7, 11) is -0.329. The Morgan fingerprint density at radius 3 is 2.57 bits per heavy atom.